The smallest absolute Gasteiger partial charge is 0.159 e. The van der Waals surface area contributed by atoms with Crippen molar-refractivity contribution >= 4 is 23.1 Å². The first-order valence-electron chi connectivity index (χ1n) is 6.24. The Hall–Kier alpha value is -2.38. The van der Waals surface area contributed by atoms with Gasteiger partial charge in [0.15, 0.2) is 5.78 Å². The van der Waals surface area contributed by atoms with E-state index in [0.29, 0.717) is 23.4 Å². The van der Waals surface area contributed by atoms with Crippen LogP contribution < -0.4 is 5.32 Å². The molecule has 0 atom stereocenters. The quantitative estimate of drug-likeness (QED) is 0.863. The molecule has 0 radical (unpaired) electrons. The van der Waals surface area contributed by atoms with Gasteiger partial charge in [-0.25, -0.2) is 4.39 Å². The zero-order valence-corrected chi connectivity index (χ0v) is 12.0. The molecular formula is C16H12ClFN2O. The molecule has 0 heterocycles. The molecule has 0 fully saturated rings. The topological polar surface area (TPSA) is 52.9 Å². The summed E-state index contributed by atoms with van der Waals surface area (Å²) in [7, 11) is 0. The van der Waals surface area contributed by atoms with Gasteiger partial charge >= 0.3 is 0 Å². The highest BCUT2D eigenvalue weighted by atomic mass is 35.5. The summed E-state index contributed by atoms with van der Waals surface area (Å²) in [6.07, 6.45) is 0. The number of hydrogen-bond acceptors (Lipinski definition) is 3. The van der Waals surface area contributed by atoms with E-state index in [1.165, 1.54) is 19.1 Å². The number of carbonyl (C=O) groups is 1. The minimum absolute atomic E-state index is 0.0484. The summed E-state index contributed by atoms with van der Waals surface area (Å²) >= 11 is 5.72. The summed E-state index contributed by atoms with van der Waals surface area (Å²) in [6.45, 7) is 1.83. The van der Waals surface area contributed by atoms with E-state index in [9.17, 15) is 9.18 Å². The van der Waals surface area contributed by atoms with Crippen molar-refractivity contribution in [3.05, 3.63) is 63.9 Å². The zero-order chi connectivity index (χ0) is 15.4. The van der Waals surface area contributed by atoms with Crippen molar-refractivity contribution < 1.29 is 9.18 Å². The third-order valence-electron chi connectivity index (χ3n) is 3.01. The Kier molecular flexibility index (Phi) is 4.56. The molecule has 2 aromatic carbocycles. The zero-order valence-electron chi connectivity index (χ0n) is 11.3. The molecule has 21 heavy (non-hydrogen) atoms. The lowest BCUT2D eigenvalue weighted by Gasteiger charge is -2.10. The molecule has 3 nitrogen and oxygen atoms in total. The summed E-state index contributed by atoms with van der Waals surface area (Å²) in [5.41, 5.74) is 2.30. The molecule has 0 aliphatic carbocycles. The molecule has 0 aliphatic rings. The highest BCUT2D eigenvalue weighted by Gasteiger charge is 2.07. The van der Waals surface area contributed by atoms with Crippen LogP contribution in [0.4, 0.5) is 10.1 Å². The van der Waals surface area contributed by atoms with E-state index < -0.39 is 5.82 Å². The van der Waals surface area contributed by atoms with E-state index in [4.69, 9.17) is 16.9 Å². The second-order valence-corrected chi connectivity index (χ2v) is 4.94. The molecule has 0 saturated carbocycles. The van der Waals surface area contributed by atoms with Crippen molar-refractivity contribution in [2.75, 3.05) is 5.32 Å². The van der Waals surface area contributed by atoms with Gasteiger partial charge in [-0.2, -0.15) is 5.26 Å². The Morgan fingerprint density at radius 3 is 2.71 bits per heavy atom. The first-order chi connectivity index (χ1) is 10.0. The molecule has 0 unspecified atom stereocenters. The van der Waals surface area contributed by atoms with Crippen molar-refractivity contribution in [2.24, 2.45) is 0 Å². The van der Waals surface area contributed by atoms with Crippen LogP contribution in [0.5, 0.6) is 0 Å². The van der Waals surface area contributed by atoms with Crippen LogP contribution in [0.1, 0.15) is 28.4 Å². The van der Waals surface area contributed by atoms with Gasteiger partial charge in [-0.15, -0.1) is 0 Å². The molecule has 2 aromatic rings. The number of ketones is 1. The number of rotatable bonds is 4. The Labute approximate surface area is 127 Å². The molecular weight excluding hydrogens is 291 g/mol. The maximum absolute atomic E-state index is 13.1. The van der Waals surface area contributed by atoms with Crippen LogP contribution in [-0.4, -0.2) is 5.78 Å². The average molecular weight is 303 g/mol. The second-order valence-electron chi connectivity index (χ2n) is 4.53. The average Bonchev–Trinajstić information content (AvgIpc) is 2.48. The fourth-order valence-corrected chi connectivity index (χ4v) is 2.06. The number of nitriles is 1. The van der Waals surface area contributed by atoms with Crippen molar-refractivity contribution in [1.82, 2.24) is 0 Å². The van der Waals surface area contributed by atoms with E-state index >= 15 is 0 Å². The number of anilines is 1. The van der Waals surface area contributed by atoms with Crippen LogP contribution in [-0.2, 0) is 6.54 Å². The van der Waals surface area contributed by atoms with E-state index in [2.05, 4.69) is 11.4 Å². The number of benzene rings is 2. The molecule has 5 heteroatoms. The molecule has 0 saturated heterocycles. The van der Waals surface area contributed by atoms with Gasteiger partial charge in [-0.05, 0) is 42.8 Å². The van der Waals surface area contributed by atoms with Crippen LogP contribution in [0.2, 0.25) is 5.02 Å². The van der Waals surface area contributed by atoms with Gasteiger partial charge in [0.1, 0.15) is 11.9 Å². The highest BCUT2D eigenvalue weighted by molar-refractivity contribution is 6.30. The van der Waals surface area contributed by atoms with Crippen LogP contribution in [0, 0.1) is 17.1 Å². The fourth-order valence-electron chi connectivity index (χ4n) is 1.85. The normalized spacial score (nSPS) is 10.0. The number of nitrogens with one attached hydrogen (secondary N) is 1. The van der Waals surface area contributed by atoms with E-state index in [-0.39, 0.29) is 10.8 Å². The molecule has 1 N–H and O–H groups in total. The van der Waals surface area contributed by atoms with E-state index in [1.54, 1.807) is 24.3 Å². The van der Waals surface area contributed by atoms with Crippen LogP contribution in [0.3, 0.4) is 0 Å². The Bertz CT molecular complexity index is 738. The van der Waals surface area contributed by atoms with Crippen molar-refractivity contribution in [2.45, 2.75) is 13.5 Å². The minimum Gasteiger partial charge on any atom is -0.380 e. The number of halogens is 2. The monoisotopic (exact) mass is 302 g/mol. The highest BCUT2D eigenvalue weighted by Crippen LogP contribution is 2.20. The van der Waals surface area contributed by atoms with E-state index in [0.717, 1.165) is 5.56 Å². The minimum atomic E-state index is -0.475. The van der Waals surface area contributed by atoms with Gasteiger partial charge in [0.2, 0.25) is 0 Å². The molecule has 2 rings (SSSR count). The van der Waals surface area contributed by atoms with Crippen molar-refractivity contribution in [3.8, 4) is 6.07 Å². The van der Waals surface area contributed by atoms with Gasteiger partial charge in [0, 0.05) is 12.1 Å². The lowest BCUT2D eigenvalue weighted by atomic mass is 10.1. The number of carbonyl (C=O) groups excluding carboxylic acids is 1. The van der Waals surface area contributed by atoms with Crippen LogP contribution in [0.15, 0.2) is 36.4 Å². The Morgan fingerprint density at radius 1 is 1.33 bits per heavy atom. The first kappa shape index (κ1) is 15.0. The van der Waals surface area contributed by atoms with Gasteiger partial charge in [0.05, 0.1) is 16.3 Å². The molecule has 0 spiro atoms. The Morgan fingerprint density at radius 2 is 2.10 bits per heavy atom. The maximum Gasteiger partial charge on any atom is 0.159 e. The van der Waals surface area contributed by atoms with Crippen LogP contribution in [0.25, 0.3) is 0 Å². The molecule has 0 bridgehead atoms. The molecule has 106 valence electrons. The summed E-state index contributed by atoms with van der Waals surface area (Å²) in [6, 6.07) is 11.3. The molecule has 0 aromatic heterocycles. The second kappa shape index (κ2) is 6.38. The van der Waals surface area contributed by atoms with E-state index in [1.807, 2.05) is 0 Å². The predicted molar refractivity (Wildman–Crippen MR) is 79.9 cm³/mol. The first-order valence-corrected chi connectivity index (χ1v) is 6.62. The molecule has 0 amide bonds. The summed E-state index contributed by atoms with van der Waals surface area (Å²) in [4.78, 5) is 11.4. The third-order valence-corrected chi connectivity index (χ3v) is 3.30. The summed E-state index contributed by atoms with van der Waals surface area (Å²) in [5.74, 6) is -0.552. The lowest BCUT2D eigenvalue weighted by molar-refractivity contribution is 0.101. The summed E-state index contributed by atoms with van der Waals surface area (Å²) in [5, 5.41) is 12.2. The van der Waals surface area contributed by atoms with Crippen molar-refractivity contribution in [3.63, 3.8) is 0 Å². The van der Waals surface area contributed by atoms with Gasteiger partial charge < -0.3 is 5.32 Å². The van der Waals surface area contributed by atoms with Crippen LogP contribution >= 0.6 is 11.6 Å². The van der Waals surface area contributed by atoms with Gasteiger partial charge in [-0.1, -0.05) is 17.7 Å². The predicted octanol–water partition coefficient (Wildman–Crippen LogP) is 4.17. The number of nitrogens with zero attached hydrogens (tertiary/aromatic N) is 1. The van der Waals surface area contributed by atoms with Gasteiger partial charge in [0.25, 0.3) is 0 Å². The SMILES string of the molecule is CC(=O)c1ccc(C#N)c(NCc2ccc(F)c(Cl)c2)c1. The third kappa shape index (κ3) is 3.59. The fraction of sp³-hybridized carbons (Fsp3) is 0.125. The standard InChI is InChI=1S/C16H12ClFN2O/c1-10(21)12-3-4-13(8-19)16(7-12)20-9-11-2-5-15(18)14(17)6-11/h2-7,20H,9H2,1H3. The number of Topliss-reactive ketones (excluding diaryl/α,β-unsaturated/α-hetero) is 1. The van der Waals surface area contributed by atoms with Crippen molar-refractivity contribution in [1.29, 1.82) is 5.26 Å². The number of hydrogen-bond donors (Lipinski definition) is 1. The summed E-state index contributed by atoms with van der Waals surface area (Å²) < 4.78 is 13.1. The maximum atomic E-state index is 13.1. The largest absolute Gasteiger partial charge is 0.380 e. The molecule has 0 aliphatic heterocycles. The lowest BCUT2D eigenvalue weighted by Crippen LogP contribution is -2.03. The Balaban J connectivity index is 2.22. The van der Waals surface area contributed by atoms with Gasteiger partial charge in [-0.3, -0.25) is 4.79 Å².